The quantitative estimate of drug-likeness (QED) is 0.449. The third-order valence-corrected chi connectivity index (χ3v) is 6.97. The van der Waals surface area contributed by atoms with E-state index in [-0.39, 0.29) is 22.1 Å². The van der Waals surface area contributed by atoms with Crippen LogP contribution in [0.5, 0.6) is 0 Å². The number of halogens is 1. The minimum Gasteiger partial charge on any atom is -0.351 e. The number of carbonyl (C=O) groups excluding carboxylic acids is 1. The van der Waals surface area contributed by atoms with E-state index in [1.165, 1.54) is 12.1 Å². The molecule has 156 valence electrons. The van der Waals surface area contributed by atoms with Crippen molar-refractivity contribution in [2.45, 2.75) is 10.6 Å². The molecule has 0 spiro atoms. The van der Waals surface area contributed by atoms with Gasteiger partial charge in [0.25, 0.3) is 15.9 Å². The van der Waals surface area contributed by atoms with E-state index >= 15 is 0 Å². The van der Waals surface area contributed by atoms with Crippen LogP contribution >= 0.6 is 23.4 Å². The molecule has 0 bridgehead atoms. The summed E-state index contributed by atoms with van der Waals surface area (Å²) in [7, 11) is -3.78. The van der Waals surface area contributed by atoms with E-state index in [0.29, 0.717) is 12.3 Å². The number of benzene rings is 3. The van der Waals surface area contributed by atoms with Gasteiger partial charge in [-0.05, 0) is 35.9 Å². The van der Waals surface area contributed by atoms with E-state index in [1.807, 2.05) is 24.3 Å². The Kier molecular flexibility index (Phi) is 7.79. The molecule has 5 nitrogen and oxygen atoms in total. The summed E-state index contributed by atoms with van der Waals surface area (Å²) in [5, 5.41) is 3.57. The molecule has 3 aromatic carbocycles. The van der Waals surface area contributed by atoms with Crippen molar-refractivity contribution in [1.82, 2.24) is 5.32 Å². The van der Waals surface area contributed by atoms with E-state index < -0.39 is 10.0 Å². The summed E-state index contributed by atoms with van der Waals surface area (Å²) in [5.41, 5.74) is 1.56. The van der Waals surface area contributed by atoms with Crippen molar-refractivity contribution in [3.63, 3.8) is 0 Å². The number of nitrogens with one attached hydrogen (secondary N) is 2. The molecular weight excluding hydrogens is 440 g/mol. The topological polar surface area (TPSA) is 75.3 Å². The Morgan fingerprint density at radius 3 is 2.33 bits per heavy atom. The van der Waals surface area contributed by atoms with Crippen molar-refractivity contribution in [1.29, 1.82) is 0 Å². The molecule has 30 heavy (non-hydrogen) atoms. The van der Waals surface area contributed by atoms with Crippen molar-refractivity contribution >= 4 is 45.0 Å². The molecule has 0 aliphatic carbocycles. The monoisotopic (exact) mass is 460 g/mol. The van der Waals surface area contributed by atoms with Gasteiger partial charge in [-0.1, -0.05) is 60.1 Å². The minimum absolute atomic E-state index is 0.135. The SMILES string of the molecule is O=C(NCCSCc1ccccc1Cl)c1ccccc1NS(=O)(=O)c1ccccc1. The van der Waals surface area contributed by atoms with Crippen LogP contribution in [-0.2, 0) is 15.8 Å². The predicted octanol–water partition coefficient (Wildman–Crippen LogP) is 4.80. The number of anilines is 1. The van der Waals surface area contributed by atoms with Crippen molar-refractivity contribution in [3.05, 3.63) is 95.0 Å². The van der Waals surface area contributed by atoms with Crippen molar-refractivity contribution in [2.75, 3.05) is 17.0 Å². The number of hydrogen-bond donors (Lipinski definition) is 2. The van der Waals surface area contributed by atoms with Gasteiger partial charge in [0.2, 0.25) is 0 Å². The van der Waals surface area contributed by atoms with E-state index in [1.54, 1.807) is 54.2 Å². The Balaban J connectivity index is 1.57. The largest absolute Gasteiger partial charge is 0.351 e. The zero-order valence-electron chi connectivity index (χ0n) is 16.0. The Labute approximate surface area is 185 Å². The summed E-state index contributed by atoms with van der Waals surface area (Å²) in [6, 6.07) is 22.2. The van der Waals surface area contributed by atoms with Gasteiger partial charge in [0.1, 0.15) is 0 Å². The lowest BCUT2D eigenvalue weighted by molar-refractivity contribution is 0.0957. The van der Waals surface area contributed by atoms with Crippen LogP contribution in [0, 0.1) is 0 Å². The molecule has 2 N–H and O–H groups in total. The van der Waals surface area contributed by atoms with Gasteiger partial charge in [-0.2, -0.15) is 11.8 Å². The van der Waals surface area contributed by atoms with Gasteiger partial charge < -0.3 is 5.32 Å². The van der Waals surface area contributed by atoms with Crippen LogP contribution in [-0.4, -0.2) is 26.6 Å². The number of sulfonamides is 1. The van der Waals surface area contributed by atoms with Crippen LogP contribution in [0.15, 0.2) is 83.8 Å². The fourth-order valence-corrected chi connectivity index (χ4v) is 4.95. The maximum Gasteiger partial charge on any atom is 0.261 e. The standard InChI is InChI=1S/C22H21ClN2O3S2/c23-20-12-6-4-8-17(20)16-29-15-14-24-22(26)19-11-5-7-13-21(19)25-30(27,28)18-9-2-1-3-10-18/h1-13,25H,14-16H2,(H,24,26). The summed E-state index contributed by atoms with van der Waals surface area (Å²) < 4.78 is 27.7. The lowest BCUT2D eigenvalue weighted by Gasteiger charge is -2.13. The second kappa shape index (κ2) is 10.5. The fourth-order valence-electron chi connectivity index (χ4n) is 2.70. The van der Waals surface area contributed by atoms with Crippen LogP contribution in [0.4, 0.5) is 5.69 Å². The van der Waals surface area contributed by atoms with Crippen LogP contribution in [0.25, 0.3) is 0 Å². The Bertz CT molecular complexity index is 1110. The number of hydrogen-bond acceptors (Lipinski definition) is 4. The zero-order valence-corrected chi connectivity index (χ0v) is 18.4. The number of rotatable bonds is 9. The number of amides is 1. The number of thioether (sulfide) groups is 1. The first kappa shape index (κ1) is 22.2. The highest BCUT2D eigenvalue weighted by Gasteiger charge is 2.18. The first-order valence-electron chi connectivity index (χ1n) is 9.23. The third kappa shape index (κ3) is 6.01. The van der Waals surface area contributed by atoms with Crippen molar-refractivity contribution in [3.8, 4) is 0 Å². The molecule has 1 amide bonds. The van der Waals surface area contributed by atoms with Gasteiger partial charge in [0.05, 0.1) is 16.1 Å². The lowest BCUT2D eigenvalue weighted by atomic mass is 10.2. The fraction of sp³-hybridized carbons (Fsp3) is 0.136. The first-order valence-corrected chi connectivity index (χ1v) is 12.3. The Morgan fingerprint density at radius 1 is 0.900 bits per heavy atom. The number of para-hydroxylation sites is 1. The summed E-state index contributed by atoms with van der Waals surface area (Å²) in [6.45, 7) is 0.452. The molecule has 0 saturated carbocycles. The molecule has 0 aliphatic heterocycles. The summed E-state index contributed by atoms with van der Waals surface area (Å²) >= 11 is 7.80. The third-order valence-electron chi connectivity index (χ3n) is 4.22. The van der Waals surface area contributed by atoms with Crippen LogP contribution < -0.4 is 10.0 Å². The molecular formula is C22H21ClN2O3S2. The van der Waals surface area contributed by atoms with Crippen molar-refractivity contribution in [2.24, 2.45) is 0 Å². The highest BCUT2D eigenvalue weighted by atomic mass is 35.5. The lowest BCUT2D eigenvalue weighted by Crippen LogP contribution is -2.27. The predicted molar refractivity (Wildman–Crippen MR) is 124 cm³/mol. The Morgan fingerprint density at radius 2 is 1.57 bits per heavy atom. The van der Waals surface area contributed by atoms with Gasteiger partial charge in [-0.15, -0.1) is 0 Å². The summed E-state index contributed by atoms with van der Waals surface area (Å²) in [5.74, 6) is 1.12. The maximum atomic E-state index is 12.6. The highest BCUT2D eigenvalue weighted by molar-refractivity contribution is 7.98. The molecule has 0 radical (unpaired) electrons. The molecule has 0 heterocycles. The van der Waals surface area contributed by atoms with Crippen LogP contribution in [0.1, 0.15) is 15.9 Å². The average molecular weight is 461 g/mol. The van der Waals surface area contributed by atoms with Crippen molar-refractivity contribution < 1.29 is 13.2 Å². The molecule has 0 saturated heterocycles. The average Bonchev–Trinajstić information content (AvgIpc) is 2.75. The van der Waals surface area contributed by atoms with E-state index in [4.69, 9.17) is 11.6 Å². The summed E-state index contributed by atoms with van der Waals surface area (Å²) in [4.78, 5) is 12.7. The van der Waals surface area contributed by atoms with Gasteiger partial charge in [0, 0.05) is 23.1 Å². The molecule has 8 heteroatoms. The molecule has 0 unspecified atom stereocenters. The van der Waals surface area contributed by atoms with Gasteiger partial charge >= 0.3 is 0 Å². The highest BCUT2D eigenvalue weighted by Crippen LogP contribution is 2.21. The van der Waals surface area contributed by atoms with Gasteiger partial charge in [-0.25, -0.2) is 8.42 Å². The Hall–Kier alpha value is -2.48. The van der Waals surface area contributed by atoms with Gasteiger partial charge in [-0.3, -0.25) is 9.52 Å². The van der Waals surface area contributed by atoms with E-state index in [0.717, 1.165) is 16.3 Å². The second-order valence-corrected chi connectivity index (χ2v) is 9.56. The summed E-state index contributed by atoms with van der Waals surface area (Å²) in [6.07, 6.45) is 0. The van der Waals surface area contributed by atoms with Gasteiger partial charge in [0.15, 0.2) is 0 Å². The van der Waals surface area contributed by atoms with E-state index in [2.05, 4.69) is 10.0 Å². The minimum atomic E-state index is -3.78. The molecule has 3 rings (SSSR count). The van der Waals surface area contributed by atoms with Crippen LogP contribution in [0.2, 0.25) is 5.02 Å². The molecule has 0 fully saturated rings. The molecule has 0 atom stereocenters. The maximum absolute atomic E-state index is 12.6. The first-order chi connectivity index (χ1) is 14.5. The second-order valence-electron chi connectivity index (χ2n) is 6.36. The molecule has 0 aromatic heterocycles. The molecule has 0 aliphatic rings. The number of carbonyl (C=O) groups is 1. The molecule has 3 aromatic rings. The van der Waals surface area contributed by atoms with E-state index in [9.17, 15) is 13.2 Å². The zero-order chi connectivity index (χ0) is 21.4. The van der Waals surface area contributed by atoms with Crippen LogP contribution in [0.3, 0.4) is 0 Å². The smallest absolute Gasteiger partial charge is 0.261 e. The normalized spacial score (nSPS) is 11.1.